The van der Waals surface area contributed by atoms with E-state index in [-0.39, 0.29) is 0 Å². The summed E-state index contributed by atoms with van der Waals surface area (Å²) in [4.78, 5) is 10.5. The van der Waals surface area contributed by atoms with E-state index in [2.05, 4.69) is 59.5 Å². The SMILES string of the molecule is CCNC(=NCCc1cc2ccccc2[nH]1)N(C)CC1CCOC1. The van der Waals surface area contributed by atoms with Crippen molar-refractivity contribution in [3.63, 3.8) is 0 Å². The summed E-state index contributed by atoms with van der Waals surface area (Å²) in [7, 11) is 2.11. The second-order valence-corrected chi connectivity index (χ2v) is 6.48. The minimum atomic E-state index is 0.618. The summed E-state index contributed by atoms with van der Waals surface area (Å²) in [6.45, 7) is 6.54. The van der Waals surface area contributed by atoms with Crippen LogP contribution in [0.2, 0.25) is 0 Å². The number of ether oxygens (including phenoxy) is 1. The van der Waals surface area contributed by atoms with Crippen LogP contribution in [0.25, 0.3) is 10.9 Å². The fourth-order valence-corrected chi connectivity index (χ4v) is 3.22. The number of hydrogen-bond donors (Lipinski definition) is 2. The van der Waals surface area contributed by atoms with E-state index in [4.69, 9.17) is 9.73 Å². The molecule has 1 saturated heterocycles. The molecule has 3 rings (SSSR count). The first-order valence-electron chi connectivity index (χ1n) is 8.90. The fourth-order valence-electron chi connectivity index (χ4n) is 3.22. The van der Waals surface area contributed by atoms with Gasteiger partial charge in [-0.2, -0.15) is 0 Å². The van der Waals surface area contributed by atoms with Crippen molar-refractivity contribution in [1.29, 1.82) is 0 Å². The van der Waals surface area contributed by atoms with Crippen LogP contribution in [-0.2, 0) is 11.2 Å². The molecule has 1 atom stereocenters. The summed E-state index contributed by atoms with van der Waals surface area (Å²) in [5.41, 5.74) is 2.43. The summed E-state index contributed by atoms with van der Waals surface area (Å²) in [6.07, 6.45) is 2.07. The quantitative estimate of drug-likeness (QED) is 0.633. The van der Waals surface area contributed by atoms with Crippen molar-refractivity contribution in [2.24, 2.45) is 10.9 Å². The number of aliphatic imine (C=N–C) groups is 1. The molecular formula is C19H28N4O. The third-order valence-electron chi connectivity index (χ3n) is 4.48. The van der Waals surface area contributed by atoms with Crippen molar-refractivity contribution in [2.75, 3.05) is 39.9 Å². The molecule has 2 N–H and O–H groups in total. The lowest BCUT2D eigenvalue weighted by molar-refractivity contribution is 0.181. The molecule has 1 unspecified atom stereocenters. The zero-order valence-corrected chi connectivity index (χ0v) is 14.7. The van der Waals surface area contributed by atoms with E-state index in [1.165, 1.54) is 16.6 Å². The van der Waals surface area contributed by atoms with Crippen LogP contribution in [0, 0.1) is 5.92 Å². The van der Waals surface area contributed by atoms with Gasteiger partial charge in [0.2, 0.25) is 0 Å². The maximum atomic E-state index is 5.47. The van der Waals surface area contributed by atoms with Gasteiger partial charge >= 0.3 is 0 Å². The molecule has 24 heavy (non-hydrogen) atoms. The average Bonchev–Trinajstić information content (AvgIpc) is 3.22. The van der Waals surface area contributed by atoms with E-state index in [0.717, 1.165) is 51.6 Å². The predicted octanol–water partition coefficient (Wildman–Crippen LogP) is 2.64. The van der Waals surface area contributed by atoms with Crippen molar-refractivity contribution < 1.29 is 4.74 Å². The molecule has 0 saturated carbocycles. The molecule has 1 fully saturated rings. The van der Waals surface area contributed by atoms with E-state index in [1.54, 1.807) is 0 Å². The monoisotopic (exact) mass is 328 g/mol. The Kier molecular flexibility index (Phi) is 5.75. The lowest BCUT2D eigenvalue weighted by atomic mass is 10.1. The number of nitrogens with zero attached hydrogens (tertiary/aromatic N) is 2. The van der Waals surface area contributed by atoms with Gasteiger partial charge < -0.3 is 19.9 Å². The normalized spacial score (nSPS) is 18.2. The van der Waals surface area contributed by atoms with Crippen LogP contribution in [0.3, 0.4) is 0 Å². The third kappa shape index (κ3) is 4.29. The minimum Gasteiger partial charge on any atom is -0.381 e. The smallest absolute Gasteiger partial charge is 0.193 e. The van der Waals surface area contributed by atoms with Gasteiger partial charge in [-0.25, -0.2) is 0 Å². The summed E-state index contributed by atoms with van der Waals surface area (Å²) in [5, 5.41) is 4.66. The largest absolute Gasteiger partial charge is 0.381 e. The van der Waals surface area contributed by atoms with Gasteiger partial charge in [-0.3, -0.25) is 4.99 Å². The van der Waals surface area contributed by atoms with Crippen LogP contribution < -0.4 is 5.32 Å². The van der Waals surface area contributed by atoms with Gasteiger partial charge in [-0.05, 0) is 30.9 Å². The van der Waals surface area contributed by atoms with E-state index < -0.39 is 0 Å². The first kappa shape index (κ1) is 16.8. The van der Waals surface area contributed by atoms with Crippen LogP contribution in [0.4, 0.5) is 0 Å². The predicted molar refractivity (Wildman–Crippen MR) is 99.5 cm³/mol. The Hall–Kier alpha value is -2.01. The van der Waals surface area contributed by atoms with E-state index >= 15 is 0 Å². The molecule has 0 bridgehead atoms. The van der Waals surface area contributed by atoms with Crippen LogP contribution in [0.15, 0.2) is 35.3 Å². The lowest BCUT2D eigenvalue weighted by Gasteiger charge is -2.24. The number of hydrogen-bond acceptors (Lipinski definition) is 2. The molecule has 0 amide bonds. The van der Waals surface area contributed by atoms with Crippen LogP contribution in [-0.4, -0.2) is 55.7 Å². The van der Waals surface area contributed by atoms with E-state index in [0.29, 0.717) is 5.92 Å². The standard InChI is InChI=1S/C19H28N4O/c1-3-20-19(23(2)13-15-9-11-24-14-15)21-10-8-17-12-16-6-4-5-7-18(16)22-17/h4-7,12,15,22H,3,8-11,13-14H2,1-2H3,(H,20,21). The molecule has 130 valence electrons. The Morgan fingerprint density at radius 2 is 2.29 bits per heavy atom. The van der Waals surface area contributed by atoms with E-state index in [9.17, 15) is 0 Å². The zero-order valence-electron chi connectivity index (χ0n) is 14.7. The van der Waals surface area contributed by atoms with Crippen molar-refractivity contribution in [2.45, 2.75) is 19.8 Å². The summed E-state index contributed by atoms with van der Waals surface area (Å²) < 4.78 is 5.47. The highest BCUT2D eigenvalue weighted by molar-refractivity contribution is 5.80. The maximum Gasteiger partial charge on any atom is 0.193 e. The highest BCUT2D eigenvalue weighted by atomic mass is 16.5. The second-order valence-electron chi connectivity index (χ2n) is 6.48. The molecule has 1 aromatic heterocycles. The average molecular weight is 328 g/mol. The first-order valence-corrected chi connectivity index (χ1v) is 8.90. The molecule has 0 spiro atoms. The van der Waals surface area contributed by atoms with Gasteiger partial charge in [-0.15, -0.1) is 0 Å². The topological polar surface area (TPSA) is 52.7 Å². The van der Waals surface area contributed by atoms with Gasteiger partial charge in [0.1, 0.15) is 0 Å². The molecule has 2 aromatic rings. The Morgan fingerprint density at radius 1 is 1.42 bits per heavy atom. The number of para-hydroxylation sites is 1. The highest BCUT2D eigenvalue weighted by Crippen LogP contribution is 2.15. The van der Waals surface area contributed by atoms with Crippen LogP contribution in [0.1, 0.15) is 19.0 Å². The Morgan fingerprint density at radius 3 is 3.04 bits per heavy atom. The molecule has 2 heterocycles. The Balaban J connectivity index is 1.58. The van der Waals surface area contributed by atoms with Gasteiger partial charge in [0.15, 0.2) is 5.96 Å². The number of nitrogens with one attached hydrogen (secondary N) is 2. The minimum absolute atomic E-state index is 0.618. The zero-order chi connectivity index (χ0) is 16.8. The molecule has 1 aliphatic heterocycles. The number of aromatic nitrogens is 1. The number of benzene rings is 1. The summed E-state index contributed by atoms with van der Waals surface area (Å²) in [6, 6.07) is 10.6. The van der Waals surface area contributed by atoms with Crippen molar-refractivity contribution in [3.8, 4) is 0 Å². The van der Waals surface area contributed by atoms with Crippen molar-refractivity contribution >= 4 is 16.9 Å². The third-order valence-corrected chi connectivity index (χ3v) is 4.48. The molecule has 1 aromatic carbocycles. The van der Waals surface area contributed by atoms with Gasteiger partial charge in [0, 0.05) is 56.8 Å². The molecular weight excluding hydrogens is 300 g/mol. The first-order chi connectivity index (χ1) is 11.8. The van der Waals surface area contributed by atoms with Gasteiger partial charge in [-0.1, -0.05) is 18.2 Å². The van der Waals surface area contributed by atoms with E-state index in [1.807, 2.05) is 0 Å². The second kappa shape index (κ2) is 8.20. The molecule has 5 nitrogen and oxygen atoms in total. The summed E-state index contributed by atoms with van der Waals surface area (Å²) >= 11 is 0. The molecule has 5 heteroatoms. The number of fused-ring (bicyclic) bond motifs is 1. The van der Waals surface area contributed by atoms with Gasteiger partial charge in [0.25, 0.3) is 0 Å². The van der Waals surface area contributed by atoms with Crippen LogP contribution in [0.5, 0.6) is 0 Å². The number of rotatable bonds is 6. The number of guanidine groups is 1. The molecule has 0 aliphatic carbocycles. The fraction of sp³-hybridized carbons (Fsp3) is 0.526. The Bertz CT molecular complexity index is 640. The van der Waals surface area contributed by atoms with Crippen LogP contribution >= 0.6 is 0 Å². The number of H-pyrrole nitrogens is 1. The Labute approximate surface area is 144 Å². The van der Waals surface area contributed by atoms with Crippen molar-refractivity contribution in [3.05, 3.63) is 36.0 Å². The lowest BCUT2D eigenvalue weighted by Crippen LogP contribution is -2.41. The molecule has 0 radical (unpaired) electrons. The molecule has 1 aliphatic rings. The number of aromatic amines is 1. The highest BCUT2D eigenvalue weighted by Gasteiger charge is 2.18. The maximum absolute atomic E-state index is 5.47. The van der Waals surface area contributed by atoms with Gasteiger partial charge in [0.05, 0.1) is 6.61 Å². The van der Waals surface area contributed by atoms with Crippen molar-refractivity contribution in [1.82, 2.24) is 15.2 Å². The summed E-state index contributed by atoms with van der Waals surface area (Å²) in [5.74, 6) is 1.60.